The molecular weight excluding hydrogens is 153 g/mol. The SMILES string of the molecule is N[C@H](C1CCC(F)CC1)C1CC1. The molecule has 0 aromatic carbocycles. The van der Waals surface area contributed by atoms with Crippen molar-refractivity contribution in [1.82, 2.24) is 0 Å². The third-order valence-electron chi connectivity index (χ3n) is 3.41. The number of nitrogens with two attached hydrogens (primary N) is 1. The average molecular weight is 171 g/mol. The molecule has 70 valence electrons. The van der Waals surface area contributed by atoms with Crippen molar-refractivity contribution in [2.24, 2.45) is 17.6 Å². The van der Waals surface area contributed by atoms with Crippen LogP contribution in [0.5, 0.6) is 0 Å². The van der Waals surface area contributed by atoms with E-state index in [0.717, 1.165) is 31.6 Å². The molecule has 2 aliphatic carbocycles. The lowest BCUT2D eigenvalue weighted by Gasteiger charge is -2.29. The van der Waals surface area contributed by atoms with Crippen LogP contribution in [0.25, 0.3) is 0 Å². The Kier molecular flexibility index (Phi) is 2.35. The van der Waals surface area contributed by atoms with Gasteiger partial charge >= 0.3 is 0 Å². The van der Waals surface area contributed by atoms with Crippen molar-refractivity contribution in [1.29, 1.82) is 0 Å². The fourth-order valence-electron chi connectivity index (χ4n) is 2.33. The van der Waals surface area contributed by atoms with Crippen LogP contribution in [0.1, 0.15) is 38.5 Å². The Bertz CT molecular complexity index is 148. The zero-order valence-electron chi connectivity index (χ0n) is 7.51. The monoisotopic (exact) mass is 171 g/mol. The molecule has 0 amide bonds. The summed E-state index contributed by atoms with van der Waals surface area (Å²) < 4.78 is 12.8. The van der Waals surface area contributed by atoms with Gasteiger partial charge in [0.25, 0.3) is 0 Å². The standard InChI is InChI=1S/C10H18FN/c11-9-5-3-8(4-6-9)10(12)7-1-2-7/h7-10H,1-6,12H2/t8?,9?,10-/m0/s1. The maximum absolute atomic E-state index is 12.8. The summed E-state index contributed by atoms with van der Waals surface area (Å²) in [6, 6.07) is 0.387. The summed E-state index contributed by atoms with van der Waals surface area (Å²) in [4.78, 5) is 0. The van der Waals surface area contributed by atoms with Crippen LogP contribution in [-0.2, 0) is 0 Å². The lowest BCUT2D eigenvalue weighted by Crippen LogP contribution is -2.35. The fourth-order valence-corrected chi connectivity index (χ4v) is 2.33. The van der Waals surface area contributed by atoms with Crippen LogP contribution in [0.15, 0.2) is 0 Å². The van der Waals surface area contributed by atoms with Gasteiger partial charge in [-0.3, -0.25) is 0 Å². The summed E-state index contributed by atoms with van der Waals surface area (Å²) in [5, 5.41) is 0. The van der Waals surface area contributed by atoms with E-state index in [1.165, 1.54) is 12.8 Å². The van der Waals surface area contributed by atoms with E-state index in [1.807, 2.05) is 0 Å². The van der Waals surface area contributed by atoms with E-state index >= 15 is 0 Å². The predicted molar refractivity (Wildman–Crippen MR) is 47.6 cm³/mol. The zero-order valence-corrected chi connectivity index (χ0v) is 7.51. The van der Waals surface area contributed by atoms with E-state index in [9.17, 15) is 4.39 Å². The van der Waals surface area contributed by atoms with Gasteiger partial charge in [0.15, 0.2) is 0 Å². The van der Waals surface area contributed by atoms with Gasteiger partial charge in [0.05, 0.1) is 0 Å². The highest BCUT2D eigenvalue weighted by Crippen LogP contribution is 2.39. The third kappa shape index (κ3) is 1.79. The molecule has 2 heteroatoms. The number of hydrogen-bond acceptors (Lipinski definition) is 1. The fraction of sp³-hybridized carbons (Fsp3) is 1.00. The molecule has 1 atom stereocenters. The topological polar surface area (TPSA) is 26.0 Å². The van der Waals surface area contributed by atoms with Gasteiger partial charge in [0, 0.05) is 6.04 Å². The van der Waals surface area contributed by atoms with E-state index in [2.05, 4.69) is 0 Å². The molecule has 0 bridgehead atoms. The molecule has 0 heterocycles. The molecule has 2 N–H and O–H groups in total. The van der Waals surface area contributed by atoms with Crippen LogP contribution in [0.3, 0.4) is 0 Å². The largest absolute Gasteiger partial charge is 0.327 e. The van der Waals surface area contributed by atoms with Crippen LogP contribution >= 0.6 is 0 Å². The summed E-state index contributed by atoms with van der Waals surface area (Å²) in [5.41, 5.74) is 6.08. The van der Waals surface area contributed by atoms with Crippen LogP contribution in [0, 0.1) is 11.8 Å². The minimum Gasteiger partial charge on any atom is -0.327 e. The summed E-state index contributed by atoms with van der Waals surface area (Å²) in [5.74, 6) is 1.41. The lowest BCUT2D eigenvalue weighted by molar-refractivity contribution is 0.184. The Hall–Kier alpha value is -0.110. The Labute approximate surface area is 73.5 Å². The van der Waals surface area contributed by atoms with Crippen molar-refractivity contribution in [2.75, 3.05) is 0 Å². The van der Waals surface area contributed by atoms with E-state index in [4.69, 9.17) is 5.73 Å². The Balaban J connectivity index is 1.80. The highest BCUT2D eigenvalue weighted by atomic mass is 19.1. The van der Waals surface area contributed by atoms with E-state index in [0.29, 0.717) is 12.0 Å². The lowest BCUT2D eigenvalue weighted by atomic mass is 9.82. The molecule has 0 aromatic rings. The van der Waals surface area contributed by atoms with Gasteiger partial charge in [0.1, 0.15) is 6.17 Å². The predicted octanol–water partition coefficient (Wildman–Crippen LogP) is 2.25. The van der Waals surface area contributed by atoms with E-state index in [1.54, 1.807) is 0 Å². The van der Waals surface area contributed by atoms with Gasteiger partial charge in [-0.25, -0.2) is 4.39 Å². The molecule has 0 aromatic heterocycles. The quantitative estimate of drug-likeness (QED) is 0.677. The molecule has 2 fully saturated rings. The van der Waals surface area contributed by atoms with Crippen molar-refractivity contribution in [3.8, 4) is 0 Å². The number of alkyl halides is 1. The molecule has 0 aliphatic heterocycles. The molecular formula is C10H18FN. The van der Waals surface area contributed by atoms with Crippen LogP contribution in [-0.4, -0.2) is 12.2 Å². The van der Waals surface area contributed by atoms with Crippen molar-refractivity contribution < 1.29 is 4.39 Å². The van der Waals surface area contributed by atoms with Gasteiger partial charge < -0.3 is 5.73 Å². The maximum Gasteiger partial charge on any atom is 0.100 e. The molecule has 0 radical (unpaired) electrons. The number of hydrogen-bond donors (Lipinski definition) is 1. The third-order valence-corrected chi connectivity index (χ3v) is 3.41. The number of rotatable bonds is 2. The van der Waals surface area contributed by atoms with Crippen LogP contribution in [0.4, 0.5) is 4.39 Å². The molecule has 0 saturated heterocycles. The minimum absolute atomic E-state index is 0.387. The van der Waals surface area contributed by atoms with Gasteiger partial charge in [-0.2, -0.15) is 0 Å². The second-order valence-corrected chi connectivity index (χ2v) is 4.43. The summed E-state index contributed by atoms with van der Waals surface area (Å²) in [6.07, 6.45) is 5.66. The molecule has 2 aliphatic rings. The van der Waals surface area contributed by atoms with Crippen molar-refractivity contribution >= 4 is 0 Å². The first-order chi connectivity index (χ1) is 5.77. The summed E-state index contributed by atoms with van der Waals surface area (Å²) >= 11 is 0. The van der Waals surface area contributed by atoms with Gasteiger partial charge in [-0.05, 0) is 50.4 Å². The Morgan fingerprint density at radius 1 is 0.917 bits per heavy atom. The molecule has 1 nitrogen and oxygen atoms in total. The van der Waals surface area contributed by atoms with E-state index in [-0.39, 0.29) is 0 Å². The highest BCUT2D eigenvalue weighted by Gasteiger charge is 2.35. The van der Waals surface area contributed by atoms with E-state index < -0.39 is 6.17 Å². The first kappa shape index (κ1) is 8.49. The van der Waals surface area contributed by atoms with Crippen molar-refractivity contribution in [2.45, 2.75) is 50.7 Å². The van der Waals surface area contributed by atoms with Crippen LogP contribution < -0.4 is 5.73 Å². The summed E-state index contributed by atoms with van der Waals surface area (Å²) in [7, 11) is 0. The van der Waals surface area contributed by atoms with Crippen LogP contribution in [0.2, 0.25) is 0 Å². The second kappa shape index (κ2) is 3.33. The Morgan fingerprint density at radius 2 is 1.33 bits per heavy atom. The Morgan fingerprint density at radius 3 is 1.75 bits per heavy atom. The average Bonchev–Trinajstić information content (AvgIpc) is 2.87. The van der Waals surface area contributed by atoms with Gasteiger partial charge in [0.2, 0.25) is 0 Å². The molecule has 2 saturated carbocycles. The minimum atomic E-state index is -0.535. The first-order valence-electron chi connectivity index (χ1n) is 5.17. The first-order valence-corrected chi connectivity index (χ1v) is 5.17. The maximum atomic E-state index is 12.8. The summed E-state index contributed by atoms with van der Waals surface area (Å²) in [6.45, 7) is 0. The van der Waals surface area contributed by atoms with Gasteiger partial charge in [-0.1, -0.05) is 0 Å². The molecule has 0 spiro atoms. The van der Waals surface area contributed by atoms with Crippen molar-refractivity contribution in [3.63, 3.8) is 0 Å². The molecule has 12 heavy (non-hydrogen) atoms. The second-order valence-electron chi connectivity index (χ2n) is 4.43. The zero-order chi connectivity index (χ0) is 8.55. The van der Waals surface area contributed by atoms with Crippen molar-refractivity contribution in [3.05, 3.63) is 0 Å². The molecule has 0 unspecified atom stereocenters. The van der Waals surface area contributed by atoms with Gasteiger partial charge in [-0.15, -0.1) is 0 Å². The number of halogens is 1. The molecule has 2 rings (SSSR count). The normalized spacial score (nSPS) is 39.5. The highest BCUT2D eigenvalue weighted by molar-refractivity contribution is 4.90. The smallest absolute Gasteiger partial charge is 0.100 e.